The fraction of sp³-hybridized carbons (Fsp3) is 0.357. The second kappa shape index (κ2) is 10.2. The highest BCUT2D eigenvalue weighted by Gasteiger charge is 2.26. The number of hydrogen-bond donors (Lipinski definition) is 1. The molecule has 0 radical (unpaired) electrons. The van der Waals surface area contributed by atoms with Crippen LogP contribution in [0.1, 0.15) is 35.3 Å². The fourth-order valence-electron chi connectivity index (χ4n) is 4.41. The van der Waals surface area contributed by atoms with Crippen LogP contribution in [0.15, 0.2) is 54.6 Å². The van der Waals surface area contributed by atoms with Crippen LogP contribution in [0, 0.1) is 13.8 Å². The average Bonchev–Trinajstić information content (AvgIpc) is 2.83. The van der Waals surface area contributed by atoms with Gasteiger partial charge in [-0.2, -0.15) is 0 Å². The summed E-state index contributed by atoms with van der Waals surface area (Å²) in [6.45, 7) is 10.8. The summed E-state index contributed by atoms with van der Waals surface area (Å²) in [6.07, 6.45) is 0. The van der Waals surface area contributed by atoms with Gasteiger partial charge in [0.1, 0.15) is 5.75 Å². The number of aryl methyl sites for hydroxylation is 1. The van der Waals surface area contributed by atoms with Gasteiger partial charge < -0.3 is 19.9 Å². The van der Waals surface area contributed by atoms with Crippen LogP contribution in [0.3, 0.4) is 0 Å². The normalized spacial score (nSPS) is 13.9. The molecule has 0 unspecified atom stereocenters. The summed E-state index contributed by atoms with van der Waals surface area (Å²) in [6, 6.07) is 18.0. The SMILES string of the molecule is Cc1cccc(N2CCN(C(=O)c3cc4ccccc4cc3OCC(=O)NC(C)C)CC2)c1C. The second-order valence-corrected chi connectivity index (χ2v) is 9.20. The van der Waals surface area contributed by atoms with Gasteiger partial charge in [-0.15, -0.1) is 0 Å². The van der Waals surface area contributed by atoms with Crippen molar-refractivity contribution >= 4 is 28.3 Å². The molecule has 1 heterocycles. The van der Waals surface area contributed by atoms with E-state index in [1.165, 1.54) is 16.8 Å². The molecular weight excluding hydrogens is 426 g/mol. The summed E-state index contributed by atoms with van der Waals surface area (Å²) in [4.78, 5) is 30.0. The van der Waals surface area contributed by atoms with E-state index in [2.05, 4.69) is 42.3 Å². The van der Waals surface area contributed by atoms with Crippen LogP contribution in [0.5, 0.6) is 5.75 Å². The van der Waals surface area contributed by atoms with Gasteiger partial charge in [-0.3, -0.25) is 9.59 Å². The van der Waals surface area contributed by atoms with Crippen molar-refractivity contribution in [3.05, 3.63) is 71.3 Å². The number of anilines is 1. The van der Waals surface area contributed by atoms with Gasteiger partial charge in [0.25, 0.3) is 11.8 Å². The molecule has 178 valence electrons. The summed E-state index contributed by atoms with van der Waals surface area (Å²) in [7, 11) is 0. The number of ether oxygens (including phenoxy) is 1. The van der Waals surface area contributed by atoms with Crippen LogP contribution in [-0.4, -0.2) is 55.5 Å². The van der Waals surface area contributed by atoms with Crippen molar-refractivity contribution in [1.29, 1.82) is 0 Å². The number of carbonyl (C=O) groups excluding carboxylic acids is 2. The molecule has 1 saturated heterocycles. The standard InChI is InChI=1S/C28H33N3O3/c1-19(2)29-27(32)18-34-26-17-23-10-6-5-9-22(23)16-24(26)28(33)31-14-12-30(13-15-31)25-11-7-8-20(3)21(25)4/h5-11,16-17,19H,12-15,18H2,1-4H3,(H,29,32). The Bertz CT molecular complexity index is 1200. The molecule has 2 amide bonds. The number of hydrogen-bond acceptors (Lipinski definition) is 4. The summed E-state index contributed by atoms with van der Waals surface area (Å²) in [5, 5.41) is 4.77. The maximum Gasteiger partial charge on any atom is 0.258 e. The topological polar surface area (TPSA) is 61.9 Å². The van der Waals surface area contributed by atoms with Crippen LogP contribution < -0.4 is 15.0 Å². The zero-order valence-corrected chi connectivity index (χ0v) is 20.4. The van der Waals surface area contributed by atoms with E-state index in [1.807, 2.05) is 55.1 Å². The van der Waals surface area contributed by atoms with Crippen LogP contribution >= 0.6 is 0 Å². The predicted octanol–water partition coefficient (Wildman–Crippen LogP) is 4.32. The number of fused-ring (bicyclic) bond motifs is 1. The van der Waals surface area contributed by atoms with E-state index < -0.39 is 0 Å². The number of nitrogens with one attached hydrogen (secondary N) is 1. The Kier molecular flexibility index (Phi) is 7.06. The average molecular weight is 460 g/mol. The van der Waals surface area contributed by atoms with Crippen molar-refractivity contribution in [2.75, 3.05) is 37.7 Å². The van der Waals surface area contributed by atoms with E-state index in [1.54, 1.807) is 0 Å². The lowest BCUT2D eigenvalue weighted by Gasteiger charge is -2.37. The zero-order chi connectivity index (χ0) is 24.2. The van der Waals surface area contributed by atoms with Gasteiger partial charge >= 0.3 is 0 Å². The number of amides is 2. The Morgan fingerprint density at radius 1 is 0.941 bits per heavy atom. The quantitative estimate of drug-likeness (QED) is 0.596. The number of piperazine rings is 1. The van der Waals surface area contributed by atoms with E-state index in [0.717, 1.165) is 23.9 Å². The summed E-state index contributed by atoms with van der Waals surface area (Å²) < 4.78 is 5.87. The van der Waals surface area contributed by atoms with Gasteiger partial charge in [0, 0.05) is 37.9 Å². The lowest BCUT2D eigenvalue weighted by Crippen LogP contribution is -2.49. The number of benzene rings is 3. The molecule has 1 fully saturated rings. The third-order valence-electron chi connectivity index (χ3n) is 6.37. The third-order valence-corrected chi connectivity index (χ3v) is 6.37. The molecule has 6 nitrogen and oxygen atoms in total. The summed E-state index contributed by atoms with van der Waals surface area (Å²) >= 11 is 0. The molecule has 0 saturated carbocycles. The molecule has 6 heteroatoms. The Morgan fingerprint density at radius 3 is 2.29 bits per heavy atom. The maximum absolute atomic E-state index is 13.6. The van der Waals surface area contributed by atoms with Crippen LogP contribution in [0.4, 0.5) is 5.69 Å². The van der Waals surface area contributed by atoms with Gasteiger partial charge in [0.05, 0.1) is 5.56 Å². The van der Waals surface area contributed by atoms with Crippen molar-refractivity contribution < 1.29 is 14.3 Å². The van der Waals surface area contributed by atoms with Gasteiger partial charge in [-0.1, -0.05) is 36.4 Å². The molecule has 1 N–H and O–H groups in total. The van der Waals surface area contributed by atoms with Crippen LogP contribution in [0.2, 0.25) is 0 Å². The molecule has 1 aliphatic rings. The Morgan fingerprint density at radius 2 is 1.62 bits per heavy atom. The van der Waals surface area contributed by atoms with Gasteiger partial charge in [0.2, 0.25) is 0 Å². The highest BCUT2D eigenvalue weighted by atomic mass is 16.5. The van der Waals surface area contributed by atoms with E-state index in [-0.39, 0.29) is 24.5 Å². The molecule has 0 atom stereocenters. The Balaban J connectivity index is 1.53. The Labute approximate surface area is 201 Å². The van der Waals surface area contributed by atoms with Crippen molar-refractivity contribution in [1.82, 2.24) is 10.2 Å². The minimum atomic E-state index is -0.205. The first-order valence-electron chi connectivity index (χ1n) is 11.9. The first kappa shape index (κ1) is 23.6. The zero-order valence-electron chi connectivity index (χ0n) is 20.4. The molecule has 3 aromatic carbocycles. The third kappa shape index (κ3) is 5.16. The van der Waals surface area contributed by atoms with E-state index in [9.17, 15) is 9.59 Å². The number of rotatable bonds is 6. The predicted molar refractivity (Wildman–Crippen MR) is 137 cm³/mol. The maximum atomic E-state index is 13.6. The fourth-order valence-corrected chi connectivity index (χ4v) is 4.41. The summed E-state index contributed by atoms with van der Waals surface area (Å²) in [5.41, 5.74) is 4.29. The highest BCUT2D eigenvalue weighted by Crippen LogP contribution is 2.29. The molecule has 4 rings (SSSR count). The van der Waals surface area contributed by atoms with Gasteiger partial charge in [-0.05, 0) is 67.8 Å². The molecular formula is C28H33N3O3. The molecule has 3 aromatic rings. The summed E-state index contributed by atoms with van der Waals surface area (Å²) in [5.74, 6) is 0.175. The van der Waals surface area contributed by atoms with Gasteiger partial charge in [-0.25, -0.2) is 0 Å². The number of carbonyl (C=O) groups is 2. The Hall–Kier alpha value is -3.54. The number of nitrogens with zero attached hydrogens (tertiary/aromatic N) is 2. The molecule has 0 spiro atoms. The van der Waals surface area contributed by atoms with E-state index in [0.29, 0.717) is 24.4 Å². The second-order valence-electron chi connectivity index (χ2n) is 9.20. The van der Waals surface area contributed by atoms with Crippen LogP contribution in [0.25, 0.3) is 10.8 Å². The highest BCUT2D eigenvalue weighted by molar-refractivity contribution is 6.02. The monoisotopic (exact) mass is 459 g/mol. The van der Waals surface area contributed by atoms with E-state index >= 15 is 0 Å². The van der Waals surface area contributed by atoms with E-state index in [4.69, 9.17) is 4.74 Å². The largest absolute Gasteiger partial charge is 0.483 e. The van der Waals surface area contributed by atoms with Crippen molar-refractivity contribution in [3.63, 3.8) is 0 Å². The van der Waals surface area contributed by atoms with Crippen LogP contribution in [-0.2, 0) is 4.79 Å². The van der Waals surface area contributed by atoms with Crippen molar-refractivity contribution in [3.8, 4) is 5.75 Å². The molecule has 1 aliphatic heterocycles. The first-order chi connectivity index (χ1) is 16.3. The lowest BCUT2D eigenvalue weighted by molar-refractivity contribution is -0.123. The molecule has 0 aromatic heterocycles. The van der Waals surface area contributed by atoms with Crippen molar-refractivity contribution in [2.24, 2.45) is 0 Å². The molecule has 34 heavy (non-hydrogen) atoms. The molecule has 0 aliphatic carbocycles. The first-order valence-corrected chi connectivity index (χ1v) is 11.9. The molecule has 0 bridgehead atoms. The van der Waals surface area contributed by atoms with Gasteiger partial charge in [0.15, 0.2) is 6.61 Å². The smallest absolute Gasteiger partial charge is 0.258 e. The van der Waals surface area contributed by atoms with Crippen molar-refractivity contribution in [2.45, 2.75) is 33.7 Å². The minimum Gasteiger partial charge on any atom is -0.483 e. The lowest BCUT2D eigenvalue weighted by atomic mass is 10.0. The minimum absolute atomic E-state index is 0.0298.